The summed E-state index contributed by atoms with van der Waals surface area (Å²) in [5, 5.41) is 14.5. The fourth-order valence-corrected chi connectivity index (χ4v) is 2.75. The van der Waals surface area contributed by atoms with Crippen molar-refractivity contribution < 1.29 is 18.0 Å². The molecule has 8 heteroatoms. The standard InChI is InChI=1S/C18H13F3N4O/c1-11-6-15(13-4-2-12(8-22)3-5-13)16(10-26)25(11)9-14-7-17(24-23-14)18(19,20)21/h2-7,10H,9H2,1H3,(H,23,24). The van der Waals surface area contributed by atoms with Gasteiger partial charge in [0.25, 0.3) is 0 Å². The molecule has 0 radical (unpaired) electrons. The lowest BCUT2D eigenvalue weighted by Crippen LogP contribution is -2.07. The molecule has 0 atom stereocenters. The number of rotatable bonds is 4. The Bertz CT molecular complexity index is 991. The van der Waals surface area contributed by atoms with E-state index in [-0.39, 0.29) is 12.2 Å². The van der Waals surface area contributed by atoms with Crippen LogP contribution in [0.15, 0.2) is 36.4 Å². The van der Waals surface area contributed by atoms with Crippen molar-refractivity contribution in [1.82, 2.24) is 14.8 Å². The number of halogens is 3. The lowest BCUT2D eigenvalue weighted by molar-refractivity contribution is -0.141. The molecular weight excluding hydrogens is 345 g/mol. The van der Waals surface area contributed by atoms with Crippen molar-refractivity contribution >= 4 is 6.29 Å². The number of hydrogen-bond donors (Lipinski definition) is 1. The monoisotopic (exact) mass is 358 g/mol. The molecule has 1 N–H and O–H groups in total. The Kier molecular flexibility index (Phi) is 4.38. The van der Waals surface area contributed by atoms with Crippen molar-refractivity contribution in [3.8, 4) is 17.2 Å². The summed E-state index contributed by atoms with van der Waals surface area (Å²) in [6.45, 7) is 1.82. The Morgan fingerprint density at radius 1 is 1.27 bits per heavy atom. The Morgan fingerprint density at radius 3 is 2.50 bits per heavy atom. The van der Waals surface area contributed by atoms with E-state index in [9.17, 15) is 18.0 Å². The number of carbonyl (C=O) groups excluding carboxylic acids is 1. The minimum atomic E-state index is -4.53. The van der Waals surface area contributed by atoms with Crippen LogP contribution in [0.3, 0.4) is 0 Å². The van der Waals surface area contributed by atoms with Gasteiger partial charge in [0.15, 0.2) is 12.0 Å². The topological polar surface area (TPSA) is 74.5 Å². The van der Waals surface area contributed by atoms with E-state index in [2.05, 4.69) is 10.2 Å². The largest absolute Gasteiger partial charge is 0.435 e. The van der Waals surface area contributed by atoms with E-state index in [1.165, 1.54) is 0 Å². The number of aromatic nitrogens is 3. The molecule has 0 aliphatic carbocycles. The number of aldehydes is 1. The van der Waals surface area contributed by atoms with E-state index in [0.29, 0.717) is 23.1 Å². The van der Waals surface area contributed by atoms with Crippen LogP contribution in [-0.2, 0) is 12.7 Å². The van der Waals surface area contributed by atoms with Gasteiger partial charge in [0.05, 0.1) is 29.6 Å². The normalized spacial score (nSPS) is 11.3. The van der Waals surface area contributed by atoms with E-state index >= 15 is 0 Å². The molecule has 0 saturated heterocycles. The number of aryl methyl sites for hydroxylation is 1. The number of hydrogen-bond acceptors (Lipinski definition) is 3. The van der Waals surface area contributed by atoms with Crippen LogP contribution in [0.25, 0.3) is 11.1 Å². The molecule has 2 aromatic heterocycles. The summed E-state index contributed by atoms with van der Waals surface area (Å²) in [7, 11) is 0. The zero-order chi connectivity index (χ0) is 18.9. The van der Waals surface area contributed by atoms with Gasteiger partial charge in [0, 0.05) is 11.3 Å². The molecular formula is C18H13F3N4O. The Balaban J connectivity index is 1.98. The molecule has 2 heterocycles. The van der Waals surface area contributed by atoms with Crippen molar-refractivity contribution in [2.75, 3.05) is 0 Å². The maximum absolute atomic E-state index is 12.7. The number of carbonyl (C=O) groups is 1. The van der Waals surface area contributed by atoms with Crippen LogP contribution in [0.5, 0.6) is 0 Å². The third-order valence-corrected chi connectivity index (χ3v) is 4.03. The average molecular weight is 358 g/mol. The summed E-state index contributed by atoms with van der Waals surface area (Å²) >= 11 is 0. The Labute approximate surface area is 146 Å². The van der Waals surface area contributed by atoms with Gasteiger partial charge in [-0.15, -0.1) is 0 Å². The first-order chi connectivity index (χ1) is 12.3. The predicted molar refractivity (Wildman–Crippen MR) is 87.4 cm³/mol. The number of H-pyrrole nitrogens is 1. The SMILES string of the molecule is Cc1cc(-c2ccc(C#N)cc2)c(C=O)n1Cc1cc(C(F)(F)F)n[nH]1. The molecule has 3 rings (SSSR count). The van der Waals surface area contributed by atoms with Crippen LogP contribution >= 0.6 is 0 Å². The fourth-order valence-electron chi connectivity index (χ4n) is 2.75. The quantitative estimate of drug-likeness (QED) is 0.718. The molecule has 0 saturated carbocycles. The number of aromatic amines is 1. The van der Waals surface area contributed by atoms with Gasteiger partial charge in [-0.2, -0.15) is 23.5 Å². The summed E-state index contributed by atoms with van der Waals surface area (Å²) in [4.78, 5) is 11.6. The van der Waals surface area contributed by atoms with Crippen molar-refractivity contribution in [3.05, 3.63) is 64.7 Å². The van der Waals surface area contributed by atoms with Crippen LogP contribution in [0.2, 0.25) is 0 Å². The molecule has 5 nitrogen and oxygen atoms in total. The predicted octanol–water partition coefficient (Wildman–Crippen LogP) is 3.94. The van der Waals surface area contributed by atoms with Crippen molar-refractivity contribution in [3.63, 3.8) is 0 Å². The minimum Gasteiger partial charge on any atom is -0.336 e. The fraction of sp³-hybridized carbons (Fsp3) is 0.167. The van der Waals surface area contributed by atoms with Gasteiger partial charge in [-0.3, -0.25) is 9.89 Å². The van der Waals surface area contributed by atoms with Gasteiger partial charge in [-0.25, -0.2) is 0 Å². The van der Waals surface area contributed by atoms with Crippen LogP contribution in [0, 0.1) is 18.3 Å². The summed E-state index contributed by atoms with van der Waals surface area (Å²) in [6, 6.07) is 11.5. The summed E-state index contributed by atoms with van der Waals surface area (Å²) in [5.74, 6) is 0. The zero-order valence-corrected chi connectivity index (χ0v) is 13.6. The van der Waals surface area contributed by atoms with Crippen LogP contribution in [0.4, 0.5) is 13.2 Å². The molecule has 26 heavy (non-hydrogen) atoms. The van der Waals surface area contributed by atoms with Gasteiger partial charge in [-0.1, -0.05) is 12.1 Å². The van der Waals surface area contributed by atoms with E-state index in [1.807, 2.05) is 6.07 Å². The Hall–Kier alpha value is -3.34. The molecule has 0 aliphatic heterocycles. The van der Waals surface area contributed by atoms with Gasteiger partial charge in [0.1, 0.15) is 0 Å². The molecule has 0 spiro atoms. The number of nitrogens with one attached hydrogen (secondary N) is 1. The van der Waals surface area contributed by atoms with Gasteiger partial charge in [0.2, 0.25) is 0 Å². The molecule has 0 aliphatic rings. The lowest BCUT2D eigenvalue weighted by atomic mass is 10.0. The molecule has 0 amide bonds. The van der Waals surface area contributed by atoms with Gasteiger partial charge >= 0.3 is 6.18 Å². The summed E-state index contributed by atoms with van der Waals surface area (Å²) in [6.07, 6.45) is -3.86. The maximum atomic E-state index is 12.7. The first kappa shape index (κ1) is 17.5. The second-order valence-corrected chi connectivity index (χ2v) is 5.75. The maximum Gasteiger partial charge on any atom is 0.435 e. The highest BCUT2D eigenvalue weighted by atomic mass is 19.4. The van der Waals surface area contributed by atoms with Crippen molar-refractivity contribution in [2.24, 2.45) is 0 Å². The number of nitrogens with zero attached hydrogens (tertiary/aromatic N) is 3. The number of alkyl halides is 3. The van der Waals surface area contributed by atoms with E-state index in [0.717, 1.165) is 17.3 Å². The number of benzene rings is 1. The zero-order valence-electron chi connectivity index (χ0n) is 13.6. The molecule has 0 fully saturated rings. The second-order valence-electron chi connectivity index (χ2n) is 5.75. The summed E-state index contributed by atoms with van der Waals surface area (Å²) < 4.78 is 39.7. The molecule has 3 aromatic rings. The van der Waals surface area contributed by atoms with Crippen LogP contribution < -0.4 is 0 Å². The highest BCUT2D eigenvalue weighted by Crippen LogP contribution is 2.30. The van der Waals surface area contributed by atoms with E-state index in [4.69, 9.17) is 5.26 Å². The number of nitriles is 1. The Morgan fingerprint density at radius 2 is 1.96 bits per heavy atom. The molecule has 132 valence electrons. The smallest absolute Gasteiger partial charge is 0.336 e. The third kappa shape index (κ3) is 3.24. The molecule has 0 bridgehead atoms. The van der Waals surface area contributed by atoms with Gasteiger partial charge in [-0.05, 0) is 36.8 Å². The first-order valence-electron chi connectivity index (χ1n) is 7.61. The molecule has 1 aromatic carbocycles. The summed E-state index contributed by atoms with van der Waals surface area (Å²) in [5.41, 5.74) is 2.19. The average Bonchev–Trinajstić information content (AvgIpc) is 3.20. The van der Waals surface area contributed by atoms with Crippen LogP contribution in [-0.4, -0.2) is 21.1 Å². The van der Waals surface area contributed by atoms with Crippen molar-refractivity contribution in [2.45, 2.75) is 19.6 Å². The second kappa shape index (κ2) is 6.52. The molecule has 0 unspecified atom stereocenters. The van der Waals surface area contributed by atoms with E-state index < -0.39 is 11.9 Å². The highest BCUT2D eigenvalue weighted by molar-refractivity contribution is 5.86. The van der Waals surface area contributed by atoms with Crippen LogP contribution in [0.1, 0.15) is 33.1 Å². The van der Waals surface area contributed by atoms with Gasteiger partial charge < -0.3 is 4.57 Å². The minimum absolute atomic E-state index is 0.0548. The van der Waals surface area contributed by atoms with E-state index in [1.54, 1.807) is 41.8 Å². The third-order valence-electron chi connectivity index (χ3n) is 4.03. The first-order valence-corrected chi connectivity index (χ1v) is 7.61. The van der Waals surface area contributed by atoms with Crippen molar-refractivity contribution in [1.29, 1.82) is 5.26 Å². The lowest BCUT2D eigenvalue weighted by Gasteiger charge is -2.08. The highest BCUT2D eigenvalue weighted by Gasteiger charge is 2.33.